The third-order valence-electron chi connectivity index (χ3n) is 5.38. The van der Waals surface area contributed by atoms with E-state index in [4.69, 9.17) is 9.47 Å². The van der Waals surface area contributed by atoms with Crippen LogP contribution >= 0.6 is 0 Å². The Balaban J connectivity index is 1.44. The highest BCUT2D eigenvalue weighted by Gasteiger charge is 2.32. The number of hydrogen-bond donors (Lipinski definition) is 1. The number of nitro groups is 1. The highest BCUT2D eigenvalue weighted by molar-refractivity contribution is 6.02. The maximum atomic E-state index is 13.1. The van der Waals surface area contributed by atoms with Gasteiger partial charge in [0.25, 0.3) is 11.6 Å². The normalized spacial score (nSPS) is 14.4. The second kappa shape index (κ2) is 7.69. The number of nitrogens with zero attached hydrogens (tertiary/aromatic N) is 2. The van der Waals surface area contributed by atoms with E-state index < -0.39 is 22.8 Å². The Hall–Kier alpha value is -4.40. The van der Waals surface area contributed by atoms with Crippen molar-refractivity contribution in [3.05, 3.63) is 88.0 Å². The number of carbonyl (C=O) groups excluding carboxylic acids is 2. The van der Waals surface area contributed by atoms with Crippen molar-refractivity contribution in [1.82, 2.24) is 5.32 Å². The highest BCUT2D eigenvalue weighted by Crippen LogP contribution is 2.42. The van der Waals surface area contributed by atoms with Crippen LogP contribution in [0.3, 0.4) is 0 Å². The number of hydrogen-bond acceptors (Lipinski definition) is 6. The van der Waals surface area contributed by atoms with Gasteiger partial charge in [0.05, 0.1) is 16.7 Å². The molecule has 0 atom stereocenters. The van der Waals surface area contributed by atoms with Crippen LogP contribution in [0.2, 0.25) is 0 Å². The first-order valence-electron chi connectivity index (χ1n) is 9.88. The van der Waals surface area contributed by atoms with Crippen molar-refractivity contribution in [2.24, 2.45) is 0 Å². The highest BCUT2D eigenvalue weighted by atomic mass is 16.6. The van der Waals surface area contributed by atoms with E-state index in [1.807, 2.05) is 48.5 Å². The van der Waals surface area contributed by atoms with Gasteiger partial charge in [-0.3, -0.25) is 24.6 Å². The lowest BCUT2D eigenvalue weighted by molar-refractivity contribution is -0.384. The van der Waals surface area contributed by atoms with E-state index in [2.05, 4.69) is 5.32 Å². The van der Waals surface area contributed by atoms with Crippen LogP contribution in [0.1, 0.15) is 17.2 Å². The van der Waals surface area contributed by atoms with Crippen LogP contribution in [0.5, 0.6) is 17.2 Å². The van der Waals surface area contributed by atoms with Crippen molar-refractivity contribution < 1.29 is 24.0 Å². The molecule has 9 heteroatoms. The third kappa shape index (κ3) is 3.39. The number of anilines is 1. The molecular weight excluding hydrogens is 414 g/mol. The Bertz CT molecular complexity index is 1210. The molecule has 0 saturated heterocycles. The first-order valence-corrected chi connectivity index (χ1v) is 9.88. The maximum absolute atomic E-state index is 13.1. The van der Waals surface area contributed by atoms with Gasteiger partial charge in [0, 0.05) is 23.3 Å². The van der Waals surface area contributed by atoms with E-state index in [0.29, 0.717) is 17.2 Å². The topological polar surface area (TPSA) is 111 Å². The summed E-state index contributed by atoms with van der Waals surface area (Å²) < 4.78 is 11.3. The lowest BCUT2D eigenvalue weighted by atomic mass is 9.94. The van der Waals surface area contributed by atoms with Crippen molar-refractivity contribution in [3.8, 4) is 17.2 Å². The number of nitro benzene ring substituents is 1. The molecule has 0 bridgehead atoms. The molecule has 2 aliphatic heterocycles. The first kappa shape index (κ1) is 19.6. The number of carbonyl (C=O) groups is 2. The van der Waals surface area contributed by atoms with Crippen LogP contribution in [0.4, 0.5) is 11.4 Å². The second-order valence-electron chi connectivity index (χ2n) is 7.36. The average molecular weight is 431 g/mol. The number of benzene rings is 3. The predicted octanol–water partition coefficient (Wildman–Crippen LogP) is 3.33. The van der Waals surface area contributed by atoms with Gasteiger partial charge < -0.3 is 14.8 Å². The molecule has 3 aromatic carbocycles. The summed E-state index contributed by atoms with van der Waals surface area (Å²) >= 11 is 0. The minimum atomic E-state index is -0.562. The van der Waals surface area contributed by atoms with Gasteiger partial charge >= 0.3 is 0 Å². The molecule has 0 aliphatic carbocycles. The molecule has 3 aromatic rings. The number of amides is 2. The summed E-state index contributed by atoms with van der Waals surface area (Å²) in [5.41, 5.74) is 1.59. The van der Waals surface area contributed by atoms with Gasteiger partial charge in [-0.1, -0.05) is 36.4 Å². The molecule has 1 N–H and O–H groups in total. The van der Waals surface area contributed by atoms with Crippen LogP contribution < -0.4 is 19.7 Å². The van der Waals surface area contributed by atoms with Crippen molar-refractivity contribution in [2.75, 3.05) is 18.1 Å². The van der Waals surface area contributed by atoms with Gasteiger partial charge in [0.2, 0.25) is 5.91 Å². The zero-order valence-electron chi connectivity index (χ0n) is 16.7. The van der Waals surface area contributed by atoms with E-state index >= 15 is 0 Å². The SMILES string of the molecule is O=C(CN1C(=O)COc2ccc([N+](=O)[O-])cc21)NC1c2ccccc2Oc2ccccc21. The lowest BCUT2D eigenvalue weighted by Gasteiger charge is -2.31. The zero-order chi connectivity index (χ0) is 22.2. The quantitative estimate of drug-likeness (QED) is 0.501. The van der Waals surface area contributed by atoms with Crippen LogP contribution in [-0.2, 0) is 9.59 Å². The summed E-state index contributed by atoms with van der Waals surface area (Å²) in [6, 6.07) is 18.3. The molecule has 160 valence electrons. The molecule has 0 spiro atoms. The third-order valence-corrected chi connectivity index (χ3v) is 5.38. The van der Waals surface area contributed by atoms with E-state index in [1.165, 1.54) is 23.1 Å². The van der Waals surface area contributed by atoms with Gasteiger partial charge in [-0.2, -0.15) is 0 Å². The van der Waals surface area contributed by atoms with Gasteiger partial charge in [0.15, 0.2) is 6.61 Å². The second-order valence-corrected chi connectivity index (χ2v) is 7.36. The Kier molecular flexibility index (Phi) is 4.70. The van der Waals surface area contributed by atoms with Crippen LogP contribution in [-0.4, -0.2) is 29.9 Å². The lowest BCUT2D eigenvalue weighted by Crippen LogP contribution is -2.46. The molecule has 2 heterocycles. The number of fused-ring (bicyclic) bond motifs is 3. The minimum Gasteiger partial charge on any atom is -0.482 e. The van der Waals surface area contributed by atoms with Crippen LogP contribution in [0.15, 0.2) is 66.7 Å². The van der Waals surface area contributed by atoms with E-state index in [9.17, 15) is 19.7 Å². The minimum absolute atomic E-state index is 0.193. The Labute approximate surface area is 182 Å². The molecule has 5 rings (SSSR count). The molecule has 2 amide bonds. The van der Waals surface area contributed by atoms with E-state index in [-0.39, 0.29) is 24.5 Å². The molecule has 9 nitrogen and oxygen atoms in total. The van der Waals surface area contributed by atoms with Gasteiger partial charge in [0.1, 0.15) is 23.8 Å². The van der Waals surface area contributed by atoms with E-state index in [1.54, 1.807) is 0 Å². The monoisotopic (exact) mass is 431 g/mol. The average Bonchev–Trinajstić information content (AvgIpc) is 2.80. The van der Waals surface area contributed by atoms with Gasteiger partial charge in [-0.25, -0.2) is 0 Å². The first-order chi connectivity index (χ1) is 15.5. The number of rotatable bonds is 4. The summed E-state index contributed by atoms with van der Waals surface area (Å²) in [7, 11) is 0. The fourth-order valence-electron chi connectivity index (χ4n) is 3.89. The van der Waals surface area contributed by atoms with Crippen LogP contribution in [0, 0.1) is 10.1 Å². The largest absolute Gasteiger partial charge is 0.482 e. The van der Waals surface area contributed by atoms with Crippen molar-refractivity contribution in [1.29, 1.82) is 0 Å². The number of para-hydroxylation sites is 2. The Morgan fingerprint density at radius 2 is 1.69 bits per heavy atom. The molecular formula is C23H17N3O6. The summed E-state index contributed by atoms with van der Waals surface area (Å²) in [5.74, 6) is 0.708. The number of nitrogens with one attached hydrogen (secondary N) is 1. The standard InChI is InChI=1S/C23H17N3O6/c27-21(12-25-17-11-14(26(29)30)9-10-20(17)31-13-22(25)28)24-23-15-5-1-3-7-18(15)32-19-8-4-2-6-16(19)23/h1-11,23H,12-13H2,(H,24,27). The molecule has 0 fully saturated rings. The Morgan fingerprint density at radius 3 is 2.34 bits per heavy atom. The fraction of sp³-hybridized carbons (Fsp3) is 0.130. The maximum Gasteiger partial charge on any atom is 0.271 e. The molecule has 2 aliphatic rings. The fourth-order valence-corrected chi connectivity index (χ4v) is 3.89. The van der Waals surface area contributed by atoms with Gasteiger partial charge in [-0.05, 0) is 18.2 Å². The predicted molar refractivity (Wildman–Crippen MR) is 114 cm³/mol. The Morgan fingerprint density at radius 1 is 1.03 bits per heavy atom. The summed E-state index contributed by atoms with van der Waals surface area (Å²) in [5, 5.41) is 14.1. The smallest absolute Gasteiger partial charge is 0.271 e. The number of ether oxygens (including phenoxy) is 2. The summed E-state index contributed by atoms with van der Waals surface area (Å²) in [4.78, 5) is 37.4. The molecule has 0 unspecified atom stereocenters. The van der Waals surface area contributed by atoms with Crippen LogP contribution in [0.25, 0.3) is 0 Å². The molecule has 32 heavy (non-hydrogen) atoms. The van der Waals surface area contributed by atoms with Crippen molar-refractivity contribution >= 4 is 23.2 Å². The molecule has 0 saturated carbocycles. The van der Waals surface area contributed by atoms with Crippen molar-refractivity contribution in [3.63, 3.8) is 0 Å². The summed E-state index contributed by atoms with van der Waals surface area (Å²) in [6.07, 6.45) is 0. The van der Waals surface area contributed by atoms with E-state index in [0.717, 1.165) is 11.1 Å². The van der Waals surface area contributed by atoms with Gasteiger partial charge in [-0.15, -0.1) is 0 Å². The summed E-state index contributed by atoms with van der Waals surface area (Å²) in [6.45, 7) is -0.556. The number of non-ortho nitro benzene ring substituents is 1. The molecule has 0 radical (unpaired) electrons. The molecule has 0 aromatic heterocycles. The van der Waals surface area contributed by atoms with Crippen molar-refractivity contribution in [2.45, 2.75) is 6.04 Å². The zero-order valence-corrected chi connectivity index (χ0v) is 16.7.